The minimum absolute atomic E-state index is 0.793. The maximum Gasteiger partial charge on any atom is 0.0136 e. The Kier molecular flexibility index (Phi) is 2.89. The minimum Gasteiger partial charge on any atom is -0.330 e. The lowest BCUT2D eigenvalue weighted by atomic mass is 9.72. The van der Waals surface area contributed by atoms with Gasteiger partial charge in [-0.15, -0.1) is 0 Å². The van der Waals surface area contributed by atoms with Gasteiger partial charge in [0.15, 0.2) is 0 Å². The lowest BCUT2D eigenvalue weighted by Gasteiger charge is -2.39. The van der Waals surface area contributed by atoms with E-state index in [1.54, 1.807) is 0 Å². The number of nitrogens with zero attached hydrogens (tertiary/aromatic N) is 1. The molecule has 0 spiro atoms. The van der Waals surface area contributed by atoms with E-state index in [4.69, 9.17) is 5.73 Å². The first kappa shape index (κ1) is 9.47. The third-order valence-corrected chi connectivity index (χ3v) is 4.10. The lowest BCUT2D eigenvalue weighted by molar-refractivity contribution is 0.121. The zero-order valence-corrected chi connectivity index (χ0v) is 8.71. The van der Waals surface area contributed by atoms with Crippen LogP contribution in [0.4, 0.5) is 0 Å². The minimum atomic E-state index is 0.793. The van der Waals surface area contributed by atoms with Crippen molar-refractivity contribution in [1.29, 1.82) is 0 Å². The lowest BCUT2D eigenvalue weighted by Crippen LogP contribution is -2.42. The van der Waals surface area contributed by atoms with Crippen molar-refractivity contribution in [3.05, 3.63) is 0 Å². The van der Waals surface area contributed by atoms with E-state index in [9.17, 15) is 0 Å². The van der Waals surface area contributed by atoms with E-state index in [1.807, 2.05) is 0 Å². The van der Waals surface area contributed by atoms with Gasteiger partial charge in [-0.1, -0.05) is 19.3 Å². The molecule has 1 aliphatic carbocycles. The fraction of sp³-hybridized carbons (Fsp3) is 1.00. The Balaban J connectivity index is 1.94. The Hall–Kier alpha value is -0.0800. The van der Waals surface area contributed by atoms with E-state index < -0.39 is 0 Å². The molecule has 0 aromatic rings. The van der Waals surface area contributed by atoms with E-state index >= 15 is 0 Å². The molecule has 2 atom stereocenters. The molecule has 1 heterocycles. The fourth-order valence-corrected chi connectivity index (χ4v) is 3.01. The summed E-state index contributed by atoms with van der Waals surface area (Å²) in [5.74, 6) is 1.75. The summed E-state index contributed by atoms with van der Waals surface area (Å²) in [6.07, 6.45) is 7.08. The van der Waals surface area contributed by atoms with Crippen molar-refractivity contribution in [2.45, 2.75) is 38.1 Å². The summed E-state index contributed by atoms with van der Waals surface area (Å²) in [4.78, 5) is 2.52. The highest BCUT2D eigenvalue weighted by Gasteiger charge is 2.35. The highest BCUT2D eigenvalue weighted by atomic mass is 15.2. The molecule has 2 rings (SSSR count). The molecule has 2 nitrogen and oxygen atoms in total. The maximum absolute atomic E-state index is 5.90. The van der Waals surface area contributed by atoms with Crippen LogP contribution < -0.4 is 5.73 Å². The van der Waals surface area contributed by atoms with Crippen LogP contribution in [0.25, 0.3) is 0 Å². The summed E-state index contributed by atoms with van der Waals surface area (Å²) in [5, 5.41) is 0. The van der Waals surface area contributed by atoms with Gasteiger partial charge in [0.05, 0.1) is 0 Å². The van der Waals surface area contributed by atoms with Crippen LogP contribution in [0.2, 0.25) is 0 Å². The van der Waals surface area contributed by atoms with Gasteiger partial charge in [-0.25, -0.2) is 0 Å². The quantitative estimate of drug-likeness (QED) is 0.716. The molecule has 0 aromatic heterocycles. The van der Waals surface area contributed by atoms with E-state index in [0.29, 0.717) is 0 Å². The van der Waals surface area contributed by atoms with Crippen LogP contribution in [0.1, 0.15) is 32.1 Å². The van der Waals surface area contributed by atoms with E-state index in [2.05, 4.69) is 11.9 Å². The smallest absolute Gasteiger partial charge is 0.0136 e. The van der Waals surface area contributed by atoms with Crippen LogP contribution in [-0.4, -0.2) is 31.1 Å². The van der Waals surface area contributed by atoms with Gasteiger partial charge in [-0.3, -0.25) is 0 Å². The summed E-state index contributed by atoms with van der Waals surface area (Å²) in [5.41, 5.74) is 5.90. The largest absolute Gasteiger partial charge is 0.330 e. The Labute approximate surface area is 81.5 Å². The summed E-state index contributed by atoms with van der Waals surface area (Å²) >= 11 is 0. The van der Waals surface area contributed by atoms with Gasteiger partial charge < -0.3 is 10.6 Å². The van der Waals surface area contributed by atoms with Crippen LogP contribution in [0, 0.1) is 11.8 Å². The molecule has 2 fully saturated rings. The Morgan fingerprint density at radius 1 is 1.31 bits per heavy atom. The molecule has 2 N–H and O–H groups in total. The summed E-state index contributed by atoms with van der Waals surface area (Å²) < 4.78 is 0. The molecule has 2 unspecified atom stereocenters. The first-order chi connectivity index (χ1) is 6.33. The molecule has 0 aromatic carbocycles. The number of rotatable bonds is 3. The first-order valence-corrected chi connectivity index (χ1v) is 5.73. The molecular formula is C11H22N2. The molecule has 2 heteroatoms. The summed E-state index contributed by atoms with van der Waals surface area (Å²) in [6, 6.07) is 0.801. The number of likely N-dealkylation sites (tertiary alicyclic amines) is 1. The van der Waals surface area contributed by atoms with Gasteiger partial charge in [0.25, 0.3) is 0 Å². The zero-order chi connectivity index (χ0) is 9.26. The molecule has 13 heavy (non-hydrogen) atoms. The first-order valence-electron chi connectivity index (χ1n) is 5.73. The van der Waals surface area contributed by atoms with E-state index in [0.717, 1.165) is 24.4 Å². The SMILES string of the molecule is CN1CCCC1C(CN)C1CCC1. The zero-order valence-electron chi connectivity index (χ0n) is 8.71. The van der Waals surface area contributed by atoms with Crippen molar-refractivity contribution in [1.82, 2.24) is 4.90 Å². The second-order valence-corrected chi connectivity index (χ2v) is 4.78. The van der Waals surface area contributed by atoms with Crippen LogP contribution in [0.5, 0.6) is 0 Å². The molecule has 1 saturated heterocycles. The molecule has 0 amide bonds. The summed E-state index contributed by atoms with van der Waals surface area (Å²) in [6.45, 7) is 2.19. The maximum atomic E-state index is 5.90. The molecule has 2 aliphatic rings. The van der Waals surface area contributed by atoms with Crippen molar-refractivity contribution in [3.63, 3.8) is 0 Å². The van der Waals surface area contributed by atoms with Crippen molar-refractivity contribution in [2.75, 3.05) is 20.1 Å². The number of nitrogens with two attached hydrogens (primary N) is 1. The highest BCUT2D eigenvalue weighted by molar-refractivity contribution is 4.90. The second kappa shape index (κ2) is 3.97. The molecule has 76 valence electrons. The average Bonchev–Trinajstić information content (AvgIpc) is 2.43. The monoisotopic (exact) mass is 182 g/mol. The van der Waals surface area contributed by atoms with Crippen molar-refractivity contribution >= 4 is 0 Å². The van der Waals surface area contributed by atoms with Gasteiger partial charge in [-0.05, 0) is 44.8 Å². The third-order valence-electron chi connectivity index (χ3n) is 4.10. The molecule has 1 aliphatic heterocycles. The van der Waals surface area contributed by atoms with Gasteiger partial charge in [0.1, 0.15) is 0 Å². The van der Waals surface area contributed by atoms with Crippen LogP contribution in [-0.2, 0) is 0 Å². The Morgan fingerprint density at radius 2 is 2.08 bits per heavy atom. The molecule has 1 saturated carbocycles. The molecule has 0 radical (unpaired) electrons. The van der Waals surface area contributed by atoms with Gasteiger partial charge in [0.2, 0.25) is 0 Å². The topological polar surface area (TPSA) is 29.3 Å². The van der Waals surface area contributed by atoms with Crippen molar-refractivity contribution in [3.8, 4) is 0 Å². The normalized spacial score (nSPS) is 33.2. The third kappa shape index (κ3) is 1.75. The van der Waals surface area contributed by atoms with Gasteiger partial charge in [0, 0.05) is 6.04 Å². The number of hydrogen-bond donors (Lipinski definition) is 1. The fourth-order valence-electron chi connectivity index (χ4n) is 3.01. The number of hydrogen-bond acceptors (Lipinski definition) is 2. The van der Waals surface area contributed by atoms with Crippen LogP contribution in [0.15, 0.2) is 0 Å². The standard InChI is InChI=1S/C11H22N2/c1-13-7-3-6-11(13)10(8-12)9-4-2-5-9/h9-11H,2-8,12H2,1H3. The highest BCUT2D eigenvalue weighted by Crippen LogP contribution is 2.38. The van der Waals surface area contributed by atoms with E-state index in [-0.39, 0.29) is 0 Å². The van der Waals surface area contributed by atoms with Gasteiger partial charge >= 0.3 is 0 Å². The van der Waals surface area contributed by atoms with Crippen LogP contribution in [0.3, 0.4) is 0 Å². The average molecular weight is 182 g/mol. The molecule has 0 bridgehead atoms. The van der Waals surface area contributed by atoms with E-state index in [1.165, 1.54) is 38.6 Å². The van der Waals surface area contributed by atoms with Crippen LogP contribution >= 0.6 is 0 Å². The Morgan fingerprint density at radius 3 is 2.46 bits per heavy atom. The summed E-state index contributed by atoms with van der Waals surface area (Å²) in [7, 11) is 2.26. The van der Waals surface area contributed by atoms with Crippen molar-refractivity contribution < 1.29 is 0 Å². The second-order valence-electron chi connectivity index (χ2n) is 4.78. The Bertz CT molecular complexity index is 165. The predicted molar refractivity (Wildman–Crippen MR) is 55.5 cm³/mol. The van der Waals surface area contributed by atoms with Gasteiger partial charge in [-0.2, -0.15) is 0 Å². The van der Waals surface area contributed by atoms with Crippen molar-refractivity contribution in [2.24, 2.45) is 17.6 Å². The predicted octanol–water partition coefficient (Wildman–Crippen LogP) is 1.46. The molecular weight excluding hydrogens is 160 g/mol.